The Morgan fingerprint density at radius 2 is 1.64 bits per heavy atom. The van der Waals surface area contributed by atoms with Crippen LogP contribution in [0.3, 0.4) is 0 Å². The van der Waals surface area contributed by atoms with Crippen molar-refractivity contribution in [1.29, 1.82) is 0 Å². The fourth-order valence-electron chi connectivity index (χ4n) is 3.65. The molecular formula is C24H36N6O6. The number of carbonyl (C=O) groups is 4. The van der Waals surface area contributed by atoms with Crippen LogP contribution in [0.4, 0.5) is 0 Å². The molecular weight excluding hydrogens is 468 g/mol. The molecule has 1 aromatic carbocycles. The Morgan fingerprint density at radius 3 is 2.28 bits per heavy atom. The van der Waals surface area contributed by atoms with E-state index >= 15 is 0 Å². The average molecular weight is 505 g/mol. The number of hydrogen-bond donors (Lipinski definition) is 8. The van der Waals surface area contributed by atoms with Crippen molar-refractivity contribution >= 4 is 34.6 Å². The van der Waals surface area contributed by atoms with Crippen molar-refractivity contribution in [3.05, 3.63) is 36.0 Å². The molecule has 36 heavy (non-hydrogen) atoms. The van der Waals surface area contributed by atoms with Crippen LogP contribution in [0.1, 0.15) is 38.7 Å². The number of para-hydroxylation sites is 1. The first kappa shape index (κ1) is 28.8. The molecule has 2 aromatic rings. The van der Waals surface area contributed by atoms with E-state index in [0.29, 0.717) is 19.4 Å². The number of carboxylic acid groups (broad SMARTS) is 1. The van der Waals surface area contributed by atoms with Crippen molar-refractivity contribution in [3.63, 3.8) is 0 Å². The summed E-state index contributed by atoms with van der Waals surface area (Å²) in [4.78, 5) is 52.7. The largest absolute Gasteiger partial charge is 0.480 e. The third-order valence-electron chi connectivity index (χ3n) is 5.87. The molecule has 1 heterocycles. The Hall–Kier alpha value is -3.48. The van der Waals surface area contributed by atoms with Crippen LogP contribution < -0.4 is 27.4 Å². The number of unbranched alkanes of at least 4 members (excludes halogenated alkanes) is 1. The highest BCUT2D eigenvalue weighted by molar-refractivity contribution is 5.94. The lowest BCUT2D eigenvalue weighted by molar-refractivity contribution is -0.142. The maximum Gasteiger partial charge on any atom is 0.326 e. The maximum absolute atomic E-state index is 12.8. The van der Waals surface area contributed by atoms with Crippen LogP contribution in [0, 0.1) is 0 Å². The van der Waals surface area contributed by atoms with Crippen LogP contribution in [0.5, 0.6) is 0 Å². The summed E-state index contributed by atoms with van der Waals surface area (Å²) < 4.78 is 0. The molecule has 0 saturated carbocycles. The van der Waals surface area contributed by atoms with Crippen LogP contribution in [-0.2, 0) is 25.6 Å². The van der Waals surface area contributed by atoms with Crippen LogP contribution in [0.15, 0.2) is 30.5 Å². The highest BCUT2D eigenvalue weighted by atomic mass is 16.4. The summed E-state index contributed by atoms with van der Waals surface area (Å²) in [7, 11) is 0. The first-order chi connectivity index (χ1) is 17.0. The van der Waals surface area contributed by atoms with Gasteiger partial charge in [-0.2, -0.15) is 0 Å². The van der Waals surface area contributed by atoms with Crippen LogP contribution in [0.2, 0.25) is 0 Å². The molecule has 0 aliphatic heterocycles. The molecule has 5 unspecified atom stereocenters. The van der Waals surface area contributed by atoms with Gasteiger partial charge in [0.25, 0.3) is 0 Å². The molecule has 10 N–H and O–H groups in total. The topological polar surface area (TPSA) is 213 Å². The first-order valence-electron chi connectivity index (χ1n) is 11.9. The second-order valence-corrected chi connectivity index (χ2v) is 8.81. The Kier molecular flexibility index (Phi) is 10.8. The number of aliphatic hydroxyl groups is 1. The number of aromatic nitrogens is 1. The number of hydrogen-bond acceptors (Lipinski definition) is 7. The predicted molar refractivity (Wildman–Crippen MR) is 134 cm³/mol. The second-order valence-electron chi connectivity index (χ2n) is 8.81. The second kappa shape index (κ2) is 13.6. The van der Waals surface area contributed by atoms with Gasteiger partial charge in [0.1, 0.15) is 24.2 Å². The van der Waals surface area contributed by atoms with Crippen LogP contribution in [-0.4, -0.2) is 75.7 Å². The molecule has 12 heteroatoms. The van der Waals surface area contributed by atoms with Crippen molar-refractivity contribution < 1.29 is 29.4 Å². The number of nitrogens with one attached hydrogen (secondary N) is 4. The van der Waals surface area contributed by atoms with Gasteiger partial charge in [-0.1, -0.05) is 18.2 Å². The number of benzene rings is 1. The number of amides is 3. The molecule has 0 saturated heterocycles. The zero-order chi connectivity index (χ0) is 26.8. The van der Waals surface area contributed by atoms with Gasteiger partial charge in [0, 0.05) is 23.5 Å². The minimum Gasteiger partial charge on any atom is -0.480 e. The third kappa shape index (κ3) is 8.04. The van der Waals surface area contributed by atoms with Crippen LogP contribution >= 0.6 is 0 Å². The summed E-state index contributed by atoms with van der Waals surface area (Å²) in [6, 6.07) is 2.87. The van der Waals surface area contributed by atoms with Gasteiger partial charge in [0.15, 0.2) is 0 Å². The lowest BCUT2D eigenvalue weighted by Gasteiger charge is -2.24. The molecule has 0 radical (unpaired) electrons. The van der Waals surface area contributed by atoms with Crippen LogP contribution in [0.25, 0.3) is 10.9 Å². The highest BCUT2D eigenvalue weighted by Gasteiger charge is 2.29. The minimum atomic E-state index is -1.23. The lowest BCUT2D eigenvalue weighted by Crippen LogP contribution is -2.57. The normalized spacial score (nSPS) is 15.4. The molecule has 0 aliphatic carbocycles. The molecule has 0 aliphatic rings. The van der Waals surface area contributed by atoms with Crippen molar-refractivity contribution in [2.24, 2.45) is 11.5 Å². The maximum atomic E-state index is 12.8. The summed E-state index contributed by atoms with van der Waals surface area (Å²) in [6.45, 7) is 3.18. The number of carbonyl (C=O) groups excluding carboxylic acids is 3. The number of aliphatic hydroxyl groups excluding tert-OH is 1. The third-order valence-corrected chi connectivity index (χ3v) is 5.87. The van der Waals surface area contributed by atoms with E-state index < -0.39 is 54.0 Å². The molecule has 5 atom stereocenters. The van der Waals surface area contributed by atoms with Crippen molar-refractivity contribution in [2.75, 3.05) is 6.54 Å². The van der Waals surface area contributed by atoms with Gasteiger partial charge in [-0.3, -0.25) is 14.4 Å². The number of aliphatic carboxylic acids is 1. The summed E-state index contributed by atoms with van der Waals surface area (Å²) in [5, 5.41) is 27.5. The Labute approximate surface area is 209 Å². The quantitative estimate of drug-likeness (QED) is 0.151. The van der Waals surface area contributed by atoms with E-state index in [1.165, 1.54) is 13.8 Å². The van der Waals surface area contributed by atoms with E-state index in [9.17, 15) is 29.4 Å². The van der Waals surface area contributed by atoms with Crippen molar-refractivity contribution in [2.45, 2.75) is 69.8 Å². The number of H-pyrrole nitrogens is 1. The van der Waals surface area contributed by atoms with Gasteiger partial charge in [-0.05, 0) is 51.3 Å². The summed E-state index contributed by atoms with van der Waals surface area (Å²) in [5.74, 6) is -3.25. The molecule has 2 rings (SSSR count). The van der Waals surface area contributed by atoms with Gasteiger partial charge < -0.3 is 42.6 Å². The lowest BCUT2D eigenvalue weighted by atomic mass is 10.0. The Morgan fingerprint density at radius 1 is 0.972 bits per heavy atom. The van der Waals surface area contributed by atoms with Gasteiger partial charge >= 0.3 is 5.97 Å². The summed E-state index contributed by atoms with van der Waals surface area (Å²) >= 11 is 0. The molecule has 3 amide bonds. The van der Waals surface area contributed by atoms with Gasteiger partial charge in [0.05, 0.1) is 6.10 Å². The van der Waals surface area contributed by atoms with E-state index in [4.69, 9.17) is 11.5 Å². The predicted octanol–water partition coefficient (Wildman–Crippen LogP) is -0.894. The average Bonchev–Trinajstić information content (AvgIpc) is 3.24. The number of aromatic amines is 1. The summed E-state index contributed by atoms with van der Waals surface area (Å²) in [5.41, 5.74) is 12.7. The molecule has 1 aromatic heterocycles. The van der Waals surface area contributed by atoms with Crippen molar-refractivity contribution in [1.82, 2.24) is 20.9 Å². The Bertz CT molecular complexity index is 1050. The number of nitrogens with two attached hydrogens (primary N) is 2. The van der Waals surface area contributed by atoms with Gasteiger partial charge in [0.2, 0.25) is 17.7 Å². The fourth-order valence-corrected chi connectivity index (χ4v) is 3.65. The van der Waals surface area contributed by atoms with Crippen molar-refractivity contribution in [3.8, 4) is 0 Å². The minimum absolute atomic E-state index is 0.0424. The van der Waals surface area contributed by atoms with Gasteiger partial charge in [-0.15, -0.1) is 0 Å². The van der Waals surface area contributed by atoms with E-state index in [1.54, 1.807) is 6.20 Å². The zero-order valence-corrected chi connectivity index (χ0v) is 20.5. The van der Waals surface area contributed by atoms with E-state index in [0.717, 1.165) is 16.5 Å². The summed E-state index contributed by atoms with van der Waals surface area (Å²) in [6.07, 6.45) is 2.02. The standard InChI is InChI=1S/C24H36N6O6/c1-13(28-22(33)18(9-5-6-10-25)29-23(34)20(26)14(2)31)21(32)30-19(24(35)36)11-15-12-27-17-8-4-3-7-16(15)17/h3-4,7-8,12-14,18-20,27,31H,5-6,9-11,25-26H2,1-2H3,(H,28,33)(H,29,34)(H,30,32)(H,35,36). The smallest absolute Gasteiger partial charge is 0.326 e. The molecule has 12 nitrogen and oxygen atoms in total. The van der Waals surface area contributed by atoms with E-state index in [1.807, 2.05) is 24.3 Å². The molecule has 0 fully saturated rings. The number of fused-ring (bicyclic) bond motifs is 1. The zero-order valence-electron chi connectivity index (χ0n) is 20.5. The molecule has 0 spiro atoms. The first-order valence-corrected chi connectivity index (χ1v) is 11.9. The van der Waals surface area contributed by atoms with E-state index in [2.05, 4.69) is 20.9 Å². The van der Waals surface area contributed by atoms with Gasteiger partial charge in [-0.25, -0.2) is 4.79 Å². The molecule has 198 valence electrons. The van der Waals surface area contributed by atoms with E-state index in [-0.39, 0.29) is 12.8 Å². The number of rotatable bonds is 14. The highest BCUT2D eigenvalue weighted by Crippen LogP contribution is 2.19. The fraction of sp³-hybridized carbons (Fsp3) is 0.500. The number of carboxylic acids is 1. The molecule has 0 bridgehead atoms. The Balaban J connectivity index is 2.03. The SMILES string of the molecule is CC(NC(=O)C(CCCCN)NC(=O)C(N)C(C)O)C(=O)NC(Cc1c[nH]c2ccccc12)C(=O)O. The monoisotopic (exact) mass is 504 g/mol.